The maximum absolute atomic E-state index is 13.3. The molecule has 2 heterocycles. The zero-order valence-electron chi connectivity index (χ0n) is 14.0. The predicted octanol–water partition coefficient (Wildman–Crippen LogP) is 1.51. The molecule has 24 heavy (non-hydrogen) atoms. The molecular formula is C18H23FN2O3. The second kappa shape index (κ2) is 6.89. The van der Waals surface area contributed by atoms with Crippen LogP contribution in [0.25, 0.3) is 0 Å². The van der Waals surface area contributed by atoms with E-state index < -0.39 is 0 Å². The third-order valence-electron chi connectivity index (χ3n) is 4.63. The van der Waals surface area contributed by atoms with Crippen molar-refractivity contribution >= 4 is 11.8 Å². The third-order valence-corrected chi connectivity index (χ3v) is 4.63. The number of hydrogen-bond donors (Lipinski definition) is 1. The van der Waals surface area contributed by atoms with Crippen molar-refractivity contribution in [3.63, 3.8) is 0 Å². The van der Waals surface area contributed by atoms with E-state index in [1.54, 1.807) is 17.0 Å². The van der Waals surface area contributed by atoms with E-state index in [2.05, 4.69) is 5.32 Å². The molecule has 2 fully saturated rings. The lowest BCUT2D eigenvalue weighted by Crippen LogP contribution is -2.41. The molecule has 1 aromatic rings. The standard InChI is InChI=1S/C18H23FN2O3/c1-11(2)20-18(23)14-10-21(15-6-7-24-17(14)15)16(22)9-12-4-3-5-13(19)8-12/h3-5,8,11,14-15,17H,6-7,9-10H2,1-2H3,(H,20,23). The van der Waals surface area contributed by atoms with Gasteiger partial charge in [-0.3, -0.25) is 9.59 Å². The average molecular weight is 334 g/mol. The van der Waals surface area contributed by atoms with Crippen LogP contribution in [0.5, 0.6) is 0 Å². The number of halogens is 1. The SMILES string of the molecule is CC(C)NC(=O)C1CN(C(=O)Cc2cccc(F)c2)C2CCOC12. The van der Waals surface area contributed by atoms with E-state index in [4.69, 9.17) is 4.74 Å². The van der Waals surface area contributed by atoms with E-state index in [0.717, 1.165) is 6.42 Å². The molecule has 1 aromatic carbocycles. The van der Waals surface area contributed by atoms with E-state index in [9.17, 15) is 14.0 Å². The second-order valence-corrected chi connectivity index (χ2v) is 6.81. The molecule has 130 valence electrons. The first-order valence-electron chi connectivity index (χ1n) is 8.41. The van der Waals surface area contributed by atoms with Gasteiger partial charge in [0.05, 0.1) is 24.5 Å². The summed E-state index contributed by atoms with van der Waals surface area (Å²) in [5.74, 6) is -0.835. The highest BCUT2D eigenvalue weighted by atomic mass is 19.1. The van der Waals surface area contributed by atoms with Gasteiger partial charge in [-0.05, 0) is 38.0 Å². The van der Waals surface area contributed by atoms with Crippen LogP contribution in [0.1, 0.15) is 25.8 Å². The van der Waals surface area contributed by atoms with Crippen LogP contribution in [0, 0.1) is 11.7 Å². The molecule has 3 unspecified atom stereocenters. The van der Waals surface area contributed by atoms with Crippen LogP contribution in [0.15, 0.2) is 24.3 Å². The van der Waals surface area contributed by atoms with Crippen molar-refractivity contribution in [2.24, 2.45) is 5.92 Å². The Morgan fingerprint density at radius 2 is 2.21 bits per heavy atom. The molecule has 0 radical (unpaired) electrons. The first-order valence-corrected chi connectivity index (χ1v) is 8.41. The number of ether oxygens (including phenoxy) is 1. The normalized spacial score (nSPS) is 25.8. The molecule has 1 N–H and O–H groups in total. The van der Waals surface area contributed by atoms with Crippen LogP contribution in [-0.2, 0) is 20.7 Å². The summed E-state index contributed by atoms with van der Waals surface area (Å²) in [7, 11) is 0. The van der Waals surface area contributed by atoms with Gasteiger partial charge in [-0.2, -0.15) is 0 Å². The van der Waals surface area contributed by atoms with E-state index in [0.29, 0.717) is 18.7 Å². The minimum Gasteiger partial charge on any atom is -0.375 e. The lowest BCUT2D eigenvalue weighted by molar-refractivity contribution is -0.131. The number of likely N-dealkylation sites (tertiary alicyclic amines) is 1. The van der Waals surface area contributed by atoms with E-state index in [-0.39, 0.29) is 48.2 Å². The van der Waals surface area contributed by atoms with E-state index in [1.807, 2.05) is 13.8 Å². The van der Waals surface area contributed by atoms with Gasteiger partial charge in [-0.15, -0.1) is 0 Å². The van der Waals surface area contributed by atoms with Crippen molar-refractivity contribution in [3.8, 4) is 0 Å². The fourth-order valence-electron chi connectivity index (χ4n) is 3.60. The summed E-state index contributed by atoms with van der Waals surface area (Å²) in [6.07, 6.45) is 0.644. The Labute approximate surface area is 141 Å². The fourth-order valence-corrected chi connectivity index (χ4v) is 3.60. The third kappa shape index (κ3) is 3.43. The number of rotatable bonds is 4. The smallest absolute Gasteiger partial charge is 0.227 e. The van der Waals surface area contributed by atoms with Crippen LogP contribution in [0.2, 0.25) is 0 Å². The van der Waals surface area contributed by atoms with Crippen molar-refractivity contribution in [3.05, 3.63) is 35.6 Å². The molecule has 6 heteroatoms. The van der Waals surface area contributed by atoms with E-state index >= 15 is 0 Å². The fraction of sp³-hybridized carbons (Fsp3) is 0.556. The highest BCUT2D eigenvalue weighted by molar-refractivity contribution is 5.84. The van der Waals surface area contributed by atoms with Crippen molar-refractivity contribution in [2.75, 3.05) is 13.2 Å². The summed E-state index contributed by atoms with van der Waals surface area (Å²) in [5, 5.41) is 2.91. The van der Waals surface area contributed by atoms with Crippen molar-refractivity contribution in [1.82, 2.24) is 10.2 Å². The van der Waals surface area contributed by atoms with Gasteiger partial charge in [-0.1, -0.05) is 12.1 Å². The first-order chi connectivity index (χ1) is 11.5. The first kappa shape index (κ1) is 16.9. The Morgan fingerprint density at radius 3 is 2.92 bits per heavy atom. The van der Waals surface area contributed by atoms with Gasteiger partial charge in [0.15, 0.2) is 0 Å². The second-order valence-electron chi connectivity index (χ2n) is 6.81. The molecule has 0 bridgehead atoms. The molecule has 2 saturated heterocycles. The predicted molar refractivity (Wildman–Crippen MR) is 86.7 cm³/mol. The number of hydrogen-bond acceptors (Lipinski definition) is 3. The van der Waals surface area contributed by atoms with Crippen LogP contribution in [0.4, 0.5) is 4.39 Å². The quantitative estimate of drug-likeness (QED) is 0.908. The van der Waals surface area contributed by atoms with Gasteiger partial charge in [0.2, 0.25) is 11.8 Å². The number of fused-ring (bicyclic) bond motifs is 1. The van der Waals surface area contributed by atoms with E-state index in [1.165, 1.54) is 12.1 Å². The van der Waals surface area contributed by atoms with Crippen LogP contribution in [-0.4, -0.2) is 48.1 Å². The summed E-state index contributed by atoms with van der Waals surface area (Å²) in [6.45, 7) is 4.74. The lowest BCUT2D eigenvalue weighted by Gasteiger charge is -2.22. The molecule has 0 aliphatic carbocycles. The molecule has 0 saturated carbocycles. The Bertz CT molecular complexity index is 634. The Balaban J connectivity index is 1.71. The average Bonchev–Trinajstić information content (AvgIpc) is 3.07. The molecule has 0 spiro atoms. The highest BCUT2D eigenvalue weighted by Gasteiger charge is 2.50. The number of benzene rings is 1. The van der Waals surface area contributed by atoms with Gasteiger partial charge in [-0.25, -0.2) is 4.39 Å². The van der Waals surface area contributed by atoms with Gasteiger partial charge in [0, 0.05) is 19.2 Å². The molecule has 2 amide bonds. The summed E-state index contributed by atoms with van der Waals surface area (Å²) in [4.78, 5) is 26.8. The van der Waals surface area contributed by atoms with Crippen molar-refractivity contribution in [2.45, 2.75) is 44.9 Å². The summed E-state index contributed by atoms with van der Waals surface area (Å²) >= 11 is 0. The van der Waals surface area contributed by atoms with Crippen molar-refractivity contribution < 1.29 is 18.7 Å². The van der Waals surface area contributed by atoms with Crippen molar-refractivity contribution in [1.29, 1.82) is 0 Å². The molecule has 3 atom stereocenters. The van der Waals surface area contributed by atoms with Gasteiger partial charge >= 0.3 is 0 Å². The van der Waals surface area contributed by atoms with Gasteiger partial charge in [0.25, 0.3) is 0 Å². The Kier molecular flexibility index (Phi) is 4.85. The molecule has 5 nitrogen and oxygen atoms in total. The largest absolute Gasteiger partial charge is 0.375 e. The molecule has 2 aliphatic heterocycles. The summed E-state index contributed by atoms with van der Waals surface area (Å²) in [5.41, 5.74) is 0.644. The van der Waals surface area contributed by atoms with Crippen LogP contribution >= 0.6 is 0 Å². The Morgan fingerprint density at radius 1 is 1.42 bits per heavy atom. The number of nitrogens with one attached hydrogen (secondary N) is 1. The number of amides is 2. The topological polar surface area (TPSA) is 58.6 Å². The van der Waals surface area contributed by atoms with Gasteiger partial charge in [0.1, 0.15) is 5.82 Å². The zero-order valence-corrected chi connectivity index (χ0v) is 14.0. The number of carbonyl (C=O) groups excluding carboxylic acids is 2. The van der Waals surface area contributed by atoms with Crippen LogP contribution in [0.3, 0.4) is 0 Å². The summed E-state index contributed by atoms with van der Waals surface area (Å²) < 4.78 is 19.0. The number of nitrogens with zero attached hydrogens (tertiary/aromatic N) is 1. The zero-order chi connectivity index (χ0) is 17.3. The maximum Gasteiger partial charge on any atom is 0.227 e. The minimum absolute atomic E-state index is 0.0504. The molecule has 0 aromatic heterocycles. The number of carbonyl (C=O) groups is 2. The summed E-state index contributed by atoms with van der Waals surface area (Å²) in [6, 6.07) is 6.06. The molecule has 2 aliphatic rings. The molecule has 3 rings (SSSR count). The monoisotopic (exact) mass is 334 g/mol. The highest BCUT2D eigenvalue weighted by Crippen LogP contribution is 2.34. The minimum atomic E-state index is -0.349. The van der Waals surface area contributed by atoms with Crippen LogP contribution < -0.4 is 5.32 Å². The Hall–Kier alpha value is -1.95. The lowest BCUT2D eigenvalue weighted by atomic mass is 10.0. The molecular weight excluding hydrogens is 311 g/mol. The van der Waals surface area contributed by atoms with Gasteiger partial charge < -0.3 is 15.0 Å². The maximum atomic E-state index is 13.3.